The first-order valence-electron chi connectivity index (χ1n) is 7.38. The van der Waals surface area contributed by atoms with Crippen molar-refractivity contribution in [3.8, 4) is 0 Å². The Balaban J connectivity index is 1.58. The number of aryl methyl sites for hydroxylation is 1. The summed E-state index contributed by atoms with van der Waals surface area (Å²) in [7, 11) is 0. The first kappa shape index (κ1) is 15.2. The number of hydrogen-bond acceptors (Lipinski definition) is 4. The highest BCUT2D eigenvalue weighted by molar-refractivity contribution is 7.11. The first-order chi connectivity index (χ1) is 9.90. The molecule has 0 spiro atoms. The molecular formula is C14H20F3N3S. The zero-order valence-corrected chi connectivity index (χ0v) is 12.8. The average molecular weight is 319 g/mol. The van der Waals surface area contributed by atoms with Crippen molar-refractivity contribution in [3.63, 3.8) is 0 Å². The van der Waals surface area contributed by atoms with Crippen LogP contribution < -0.4 is 5.32 Å². The van der Waals surface area contributed by atoms with Crippen LogP contribution in [0.1, 0.15) is 35.2 Å². The third-order valence-corrected chi connectivity index (χ3v) is 5.09. The molecule has 1 aromatic rings. The maximum absolute atomic E-state index is 12.4. The SMILES string of the molecule is Cc1cnc([C@H](N[C@@H]2CCN(CC(F)(F)F)C2)C2CC2)s1. The van der Waals surface area contributed by atoms with Crippen LogP contribution in [0.5, 0.6) is 0 Å². The van der Waals surface area contributed by atoms with E-state index >= 15 is 0 Å². The molecule has 0 bridgehead atoms. The van der Waals surface area contributed by atoms with Crippen LogP contribution in [0.25, 0.3) is 0 Å². The molecule has 2 heterocycles. The predicted octanol–water partition coefficient (Wildman–Crippen LogP) is 3.13. The number of thiazole rings is 1. The largest absolute Gasteiger partial charge is 0.401 e. The van der Waals surface area contributed by atoms with Crippen molar-refractivity contribution in [2.45, 2.75) is 44.4 Å². The Hall–Kier alpha value is -0.660. The van der Waals surface area contributed by atoms with E-state index in [0.29, 0.717) is 19.0 Å². The summed E-state index contributed by atoms with van der Waals surface area (Å²) >= 11 is 1.69. The first-order valence-corrected chi connectivity index (χ1v) is 8.20. The normalized spacial score (nSPS) is 25.4. The van der Waals surface area contributed by atoms with Crippen molar-refractivity contribution in [3.05, 3.63) is 16.1 Å². The highest BCUT2D eigenvalue weighted by Crippen LogP contribution is 2.42. The van der Waals surface area contributed by atoms with Crippen LogP contribution in [-0.2, 0) is 0 Å². The van der Waals surface area contributed by atoms with Gasteiger partial charge in [-0.1, -0.05) is 0 Å². The van der Waals surface area contributed by atoms with Gasteiger partial charge < -0.3 is 5.32 Å². The zero-order chi connectivity index (χ0) is 15.0. The Morgan fingerprint density at radius 1 is 1.43 bits per heavy atom. The van der Waals surface area contributed by atoms with Gasteiger partial charge in [-0.15, -0.1) is 11.3 Å². The van der Waals surface area contributed by atoms with E-state index < -0.39 is 12.7 Å². The number of alkyl halides is 3. The Morgan fingerprint density at radius 2 is 2.19 bits per heavy atom. The van der Waals surface area contributed by atoms with Crippen molar-refractivity contribution < 1.29 is 13.2 Å². The molecule has 2 fully saturated rings. The summed E-state index contributed by atoms with van der Waals surface area (Å²) in [5.41, 5.74) is 0. The molecule has 1 aliphatic heterocycles. The van der Waals surface area contributed by atoms with Crippen molar-refractivity contribution >= 4 is 11.3 Å². The topological polar surface area (TPSA) is 28.2 Å². The van der Waals surface area contributed by atoms with Crippen LogP contribution in [-0.4, -0.2) is 41.7 Å². The minimum atomic E-state index is -4.10. The minimum absolute atomic E-state index is 0.141. The molecular weight excluding hydrogens is 299 g/mol. The second-order valence-corrected chi connectivity index (χ2v) is 7.39. The fourth-order valence-electron chi connectivity index (χ4n) is 2.97. The number of halogens is 3. The van der Waals surface area contributed by atoms with Crippen molar-refractivity contribution in [2.24, 2.45) is 5.92 Å². The molecule has 1 aliphatic carbocycles. The van der Waals surface area contributed by atoms with Gasteiger partial charge in [0.25, 0.3) is 0 Å². The van der Waals surface area contributed by atoms with E-state index in [1.807, 2.05) is 13.1 Å². The fraction of sp³-hybridized carbons (Fsp3) is 0.786. The van der Waals surface area contributed by atoms with E-state index in [-0.39, 0.29) is 12.1 Å². The molecule has 0 unspecified atom stereocenters. The molecule has 1 N–H and O–H groups in total. The van der Waals surface area contributed by atoms with Crippen LogP contribution in [0.3, 0.4) is 0 Å². The monoisotopic (exact) mass is 319 g/mol. The summed E-state index contributed by atoms with van der Waals surface area (Å²) in [6.45, 7) is 2.24. The van der Waals surface area contributed by atoms with Crippen molar-refractivity contribution in [1.29, 1.82) is 0 Å². The summed E-state index contributed by atoms with van der Waals surface area (Å²) < 4.78 is 37.3. The molecule has 0 amide bonds. The molecule has 0 aromatic carbocycles. The molecule has 3 rings (SSSR count). The highest BCUT2D eigenvalue weighted by Gasteiger charge is 2.38. The van der Waals surface area contributed by atoms with Gasteiger partial charge in [-0.05, 0) is 32.1 Å². The molecule has 0 radical (unpaired) electrons. The second-order valence-electron chi connectivity index (χ2n) is 6.13. The number of rotatable bonds is 5. The van der Waals surface area contributed by atoms with Gasteiger partial charge in [-0.25, -0.2) is 4.98 Å². The lowest BCUT2D eigenvalue weighted by Gasteiger charge is -2.22. The molecule has 2 atom stereocenters. The van der Waals surface area contributed by atoms with Gasteiger partial charge in [-0.2, -0.15) is 13.2 Å². The lowest BCUT2D eigenvalue weighted by Crippen LogP contribution is -2.38. The van der Waals surface area contributed by atoms with Gasteiger partial charge in [0.2, 0.25) is 0 Å². The quantitative estimate of drug-likeness (QED) is 0.904. The third-order valence-electron chi connectivity index (χ3n) is 4.09. The maximum Gasteiger partial charge on any atom is 0.401 e. The Labute approximate surface area is 126 Å². The highest BCUT2D eigenvalue weighted by atomic mass is 32.1. The standard InChI is InChI=1S/C14H20F3N3S/c1-9-6-18-13(21-9)12(10-2-3-10)19-11-4-5-20(7-11)8-14(15,16)17/h6,10-12,19H,2-5,7-8H2,1H3/t11-,12-/m1/s1. The molecule has 1 aromatic heterocycles. The van der Waals surface area contributed by atoms with Crippen LogP contribution in [0, 0.1) is 12.8 Å². The van der Waals surface area contributed by atoms with Gasteiger partial charge in [0.15, 0.2) is 0 Å². The molecule has 118 valence electrons. The Kier molecular flexibility index (Phi) is 4.25. The molecule has 7 heteroatoms. The van der Waals surface area contributed by atoms with Crippen LogP contribution in [0.4, 0.5) is 13.2 Å². The Morgan fingerprint density at radius 3 is 2.76 bits per heavy atom. The lowest BCUT2D eigenvalue weighted by atomic mass is 10.1. The van der Waals surface area contributed by atoms with Gasteiger partial charge in [-0.3, -0.25) is 4.90 Å². The van der Waals surface area contributed by atoms with E-state index in [2.05, 4.69) is 10.3 Å². The third kappa shape index (κ3) is 4.17. The Bertz CT molecular complexity index is 484. The molecule has 2 aliphatic rings. The second kappa shape index (κ2) is 5.85. The van der Waals surface area contributed by atoms with Gasteiger partial charge in [0.1, 0.15) is 5.01 Å². The summed E-state index contributed by atoms with van der Waals surface area (Å²) in [4.78, 5) is 7.14. The summed E-state index contributed by atoms with van der Waals surface area (Å²) in [6, 6.07) is 0.363. The van der Waals surface area contributed by atoms with Gasteiger partial charge >= 0.3 is 6.18 Å². The summed E-state index contributed by atoms with van der Waals surface area (Å²) in [5, 5.41) is 4.65. The van der Waals surface area contributed by atoms with Crippen LogP contribution in [0.2, 0.25) is 0 Å². The van der Waals surface area contributed by atoms with E-state index in [4.69, 9.17) is 0 Å². The van der Waals surface area contributed by atoms with E-state index in [1.165, 1.54) is 22.6 Å². The van der Waals surface area contributed by atoms with Crippen molar-refractivity contribution in [1.82, 2.24) is 15.2 Å². The zero-order valence-electron chi connectivity index (χ0n) is 12.0. The summed E-state index contributed by atoms with van der Waals surface area (Å²) in [6.07, 6.45) is 0.938. The van der Waals surface area contributed by atoms with Crippen LogP contribution in [0.15, 0.2) is 6.20 Å². The number of nitrogens with zero attached hydrogens (tertiary/aromatic N) is 2. The van der Waals surface area contributed by atoms with E-state index in [9.17, 15) is 13.2 Å². The van der Waals surface area contributed by atoms with Crippen molar-refractivity contribution in [2.75, 3.05) is 19.6 Å². The molecule has 1 saturated carbocycles. The number of aromatic nitrogens is 1. The smallest absolute Gasteiger partial charge is 0.304 e. The van der Waals surface area contributed by atoms with E-state index in [0.717, 1.165) is 11.4 Å². The predicted molar refractivity (Wildman–Crippen MR) is 76.4 cm³/mol. The van der Waals surface area contributed by atoms with E-state index in [1.54, 1.807) is 11.3 Å². The van der Waals surface area contributed by atoms with Gasteiger partial charge in [0.05, 0.1) is 12.6 Å². The molecule has 21 heavy (non-hydrogen) atoms. The van der Waals surface area contributed by atoms with Crippen LogP contribution >= 0.6 is 11.3 Å². The fourth-order valence-corrected chi connectivity index (χ4v) is 3.90. The lowest BCUT2D eigenvalue weighted by molar-refractivity contribution is -0.143. The maximum atomic E-state index is 12.4. The minimum Gasteiger partial charge on any atom is -0.304 e. The molecule has 3 nitrogen and oxygen atoms in total. The number of hydrogen-bond donors (Lipinski definition) is 1. The molecule has 1 saturated heterocycles. The number of nitrogens with one attached hydrogen (secondary N) is 1. The average Bonchev–Trinajstić information content (AvgIpc) is 2.99. The van der Waals surface area contributed by atoms with Gasteiger partial charge in [0, 0.05) is 30.2 Å². The number of likely N-dealkylation sites (tertiary alicyclic amines) is 1. The summed E-state index contributed by atoms with van der Waals surface area (Å²) in [5.74, 6) is 0.604.